The van der Waals surface area contributed by atoms with E-state index < -0.39 is 0 Å². The summed E-state index contributed by atoms with van der Waals surface area (Å²) in [4.78, 5) is 30.5. The van der Waals surface area contributed by atoms with E-state index in [-0.39, 0.29) is 24.2 Å². The predicted molar refractivity (Wildman–Crippen MR) is 118 cm³/mol. The van der Waals surface area contributed by atoms with Crippen molar-refractivity contribution in [2.24, 2.45) is 0 Å². The van der Waals surface area contributed by atoms with Crippen molar-refractivity contribution in [3.63, 3.8) is 0 Å². The highest BCUT2D eigenvalue weighted by Crippen LogP contribution is 2.29. The average Bonchev–Trinajstić information content (AvgIpc) is 3.36. The van der Waals surface area contributed by atoms with E-state index in [1.165, 1.54) is 16.0 Å². The summed E-state index contributed by atoms with van der Waals surface area (Å²) in [6.45, 7) is 1.95. The normalized spacial score (nSPS) is 22.6. The van der Waals surface area contributed by atoms with Crippen LogP contribution in [0.5, 0.6) is 5.75 Å². The number of hydrogen-bond donors (Lipinski definition) is 0. The molecule has 2 atom stereocenters. The molecule has 2 unspecified atom stereocenters. The van der Waals surface area contributed by atoms with E-state index in [0.29, 0.717) is 19.5 Å². The Hall–Kier alpha value is -2.86. The van der Waals surface area contributed by atoms with Crippen molar-refractivity contribution in [2.75, 3.05) is 20.1 Å². The molecule has 2 fully saturated rings. The van der Waals surface area contributed by atoms with Gasteiger partial charge in [0.05, 0.1) is 0 Å². The van der Waals surface area contributed by atoms with Gasteiger partial charge in [-0.15, -0.1) is 0 Å². The van der Waals surface area contributed by atoms with Gasteiger partial charge in [-0.25, -0.2) is 4.79 Å². The Morgan fingerprint density at radius 3 is 2.77 bits per heavy atom. The lowest BCUT2D eigenvalue weighted by atomic mass is 10.0. The fraction of sp³-hybridized carbons (Fsp3) is 0.440. The van der Waals surface area contributed by atoms with Gasteiger partial charge in [-0.1, -0.05) is 42.5 Å². The quantitative estimate of drug-likeness (QED) is 0.673. The molecule has 6 heteroatoms. The van der Waals surface area contributed by atoms with E-state index in [4.69, 9.17) is 4.74 Å². The lowest BCUT2D eigenvalue weighted by Gasteiger charge is -2.33. The van der Waals surface area contributed by atoms with Crippen LogP contribution in [0.2, 0.25) is 0 Å². The second-order valence-corrected chi connectivity index (χ2v) is 8.83. The first-order valence-corrected chi connectivity index (χ1v) is 11.2. The Labute approximate surface area is 183 Å². The summed E-state index contributed by atoms with van der Waals surface area (Å²) >= 11 is 0. The van der Waals surface area contributed by atoms with Gasteiger partial charge in [-0.3, -0.25) is 14.6 Å². The minimum atomic E-state index is -0.215. The smallest absolute Gasteiger partial charge is 0.327 e. The third kappa shape index (κ3) is 3.92. The lowest BCUT2D eigenvalue weighted by Crippen LogP contribution is -2.38. The fourth-order valence-electron chi connectivity index (χ4n) is 5.02. The predicted octanol–water partition coefficient (Wildman–Crippen LogP) is 3.44. The number of benzene rings is 2. The van der Waals surface area contributed by atoms with Gasteiger partial charge in [-0.2, -0.15) is 0 Å². The van der Waals surface area contributed by atoms with Crippen molar-refractivity contribution in [1.29, 1.82) is 0 Å². The monoisotopic (exact) mass is 419 g/mol. The molecule has 2 saturated heterocycles. The van der Waals surface area contributed by atoms with Gasteiger partial charge in [0.2, 0.25) is 0 Å². The van der Waals surface area contributed by atoms with E-state index >= 15 is 0 Å². The third-order valence-electron chi connectivity index (χ3n) is 6.72. The maximum Gasteiger partial charge on any atom is 0.327 e. The van der Waals surface area contributed by atoms with Crippen molar-refractivity contribution in [2.45, 2.75) is 50.9 Å². The molecule has 0 spiro atoms. The SMILES string of the molecule is CN(Cc1cccc(CCN2C(=O)C3CCCN3C2=O)c1)C1CCc2ccccc2O1. The number of amides is 3. The van der Waals surface area contributed by atoms with Gasteiger partial charge in [0.15, 0.2) is 6.23 Å². The van der Waals surface area contributed by atoms with Gasteiger partial charge in [-0.05, 0) is 55.5 Å². The largest absolute Gasteiger partial charge is 0.475 e. The second-order valence-electron chi connectivity index (χ2n) is 8.83. The van der Waals surface area contributed by atoms with Crippen LogP contribution in [-0.2, 0) is 24.2 Å². The molecule has 3 aliphatic rings. The maximum absolute atomic E-state index is 12.5. The molecule has 6 nitrogen and oxygen atoms in total. The van der Waals surface area contributed by atoms with Crippen molar-refractivity contribution < 1.29 is 14.3 Å². The molecule has 3 amide bonds. The highest BCUT2D eigenvalue weighted by molar-refractivity contribution is 6.04. The van der Waals surface area contributed by atoms with E-state index in [0.717, 1.165) is 43.5 Å². The van der Waals surface area contributed by atoms with Crippen LogP contribution in [0.25, 0.3) is 0 Å². The number of fused-ring (bicyclic) bond motifs is 2. The molecule has 0 bridgehead atoms. The number of urea groups is 1. The van der Waals surface area contributed by atoms with Crippen LogP contribution in [0, 0.1) is 0 Å². The maximum atomic E-state index is 12.5. The summed E-state index contributed by atoms with van der Waals surface area (Å²) in [6.07, 6.45) is 4.49. The summed E-state index contributed by atoms with van der Waals surface area (Å²) in [6, 6.07) is 16.4. The first-order chi connectivity index (χ1) is 15.1. The van der Waals surface area contributed by atoms with E-state index in [1.807, 2.05) is 12.1 Å². The number of nitrogens with zero attached hydrogens (tertiary/aromatic N) is 3. The number of ether oxygens (including phenoxy) is 1. The number of carbonyl (C=O) groups is 2. The van der Waals surface area contributed by atoms with Crippen LogP contribution < -0.4 is 4.74 Å². The minimum Gasteiger partial charge on any atom is -0.475 e. The average molecular weight is 420 g/mol. The van der Waals surface area contributed by atoms with Crippen LogP contribution >= 0.6 is 0 Å². The molecule has 0 aliphatic carbocycles. The van der Waals surface area contributed by atoms with Crippen molar-refractivity contribution in [3.8, 4) is 5.75 Å². The van der Waals surface area contributed by atoms with Crippen LogP contribution in [0.1, 0.15) is 36.0 Å². The third-order valence-corrected chi connectivity index (χ3v) is 6.72. The van der Waals surface area contributed by atoms with Crippen molar-refractivity contribution in [1.82, 2.24) is 14.7 Å². The molecule has 3 aliphatic heterocycles. The van der Waals surface area contributed by atoms with E-state index in [2.05, 4.69) is 48.3 Å². The lowest BCUT2D eigenvalue weighted by molar-refractivity contribution is -0.127. The van der Waals surface area contributed by atoms with Gasteiger partial charge in [0, 0.05) is 26.1 Å². The molecule has 3 heterocycles. The summed E-state index contributed by atoms with van der Waals surface area (Å²) < 4.78 is 6.21. The molecule has 2 aromatic rings. The number of hydrogen-bond acceptors (Lipinski definition) is 4. The minimum absolute atomic E-state index is 0.0203. The van der Waals surface area contributed by atoms with E-state index in [9.17, 15) is 9.59 Å². The Morgan fingerprint density at radius 1 is 1.06 bits per heavy atom. The van der Waals surface area contributed by atoms with Gasteiger partial charge < -0.3 is 9.64 Å². The molecule has 31 heavy (non-hydrogen) atoms. The number of aryl methyl sites for hydroxylation is 1. The Kier molecular flexibility index (Phi) is 5.40. The molecule has 0 N–H and O–H groups in total. The van der Waals surface area contributed by atoms with Crippen molar-refractivity contribution >= 4 is 11.9 Å². The van der Waals surface area contributed by atoms with Crippen molar-refractivity contribution in [3.05, 3.63) is 65.2 Å². The van der Waals surface area contributed by atoms with Crippen LogP contribution in [0.15, 0.2) is 48.5 Å². The molecule has 5 rings (SSSR count). The highest BCUT2D eigenvalue weighted by Gasteiger charge is 2.46. The number of para-hydroxylation sites is 1. The molecule has 0 saturated carbocycles. The number of carbonyl (C=O) groups excluding carboxylic acids is 2. The summed E-state index contributed by atoms with van der Waals surface area (Å²) in [5.41, 5.74) is 3.64. The standard InChI is InChI=1S/C25H29N3O3/c1-26(23-12-11-20-8-2-3-10-22(20)31-23)17-19-7-4-6-18(16-19)13-15-28-24(29)21-9-5-14-27(21)25(28)30/h2-4,6-8,10,16,21,23H,5,9,11-15,17H2,1H3. The molecule has 0 radical (unpaired) electrons. The number of imide groups is 1. The number of rotatable bonds is 6. The highest BCUT2D eigenvalue weighted by atomic mass is 16.5. The zero-order valence-electron chi connectivity index (χ0n) is 18.0. The topological polar surface area (TPSA) is 53.1 Å². The van der Waals surface area contributed by atoms with Gasteiger partial charge in [0.25, 0.3) is 5.91 Å². The Morgan fingerprint density at radius 2 is 1.90 bits per heavy atom. The second kappa shape index (κ2) is 8.35. The first-order valence-electron chi connectivity index (χ1n) is 11.2. The van der Waals surface area contributed by atoms with Crippen LogP contribution in [0.4, 0.5) is 4.79 Å². The molecular weight excluding hydrogens is 390 g/mol. The molecule has 2 aromatic carbocycles. The van der Waals surface area contributed by atoms with E-state index in [1.54, 1.807) is 4.90 Å². The van der Waals surface area contributed by atoms with Crippen LogP contribution in [-0.4, -0.2) is 59.0 Å². The zero-order chi connectivity index (χ0) is 21.4. The Bertz CT molecular complexity index is 969. The Balaban J connectivity index is 1.19. The first kappa shape index (κ1) is 20.1. The molecule has 162 valence electrons. The zero-order valence-corrected chi connectivity index (χ0v) is 18.0. The summed E-state index contributed by atoms with van der Waals surface area (Å²) in [5.74, 6) is 0.966. The summed E-state index contributed by atoms with van der Waals surface area (Å²) in [7, 11) is 2.10. The molecular formula is C25H29N3O3. The van der Waals surface area contributed by atoms with Crippen LogP contribution in [0.3, 0.4) is 0 Å². The van der Waals surface area contributed by atoms with Gasteiger partial charge >= 0.3 is 6.03 Å². The fourth-order valence-corrected chi connectivity index (χ4v) is 5.02. The summed E-state index contributed by atoms with van der Waals surface area (Å²) in [5, 5.41) is 0. The molecule has 0 aromatic heterocycles. The van der Waals surface area contributed by atoms with Gasteiger partial charge in [0.1, 0.15) is 11.8 Å².